The fourth-order valence-electron chi connectivity index (χ4n) is 3.13. The van der Waals surface area contributed by atoms with Crippen LogP contribution in [-0.4, -0.2) is 42.4 Å². The zero-order valence-corrected chi connectivity index (χ0v) is 14.8. The molecular weight excluding hydrogens is 354 g/mol. The van der Waals surface area contributed by atoms with Gasteiger partial charge in [0.05, 0.1) is 11.9 Å². The van der Waals surface area contributed by atoms with Crippen molar-refractivity contribution >= 4 is 11.4 Å². The van der Waals surface area contributed by atoms with E-state index in [2.05, 4.69) is 25.4 Å². The van der Waals surface area contributed by atoms with Gasteiger partial charge in [0.25, 0.3) is 0 Å². The molecule has 2 atom stereocenters. The van der Waals surface area contributed by atoms with Crippen molar-refractivity contribution in [1.82, 2.24) is 29.6 Å². The number of nitrogens with two attached hydrogens (primary N) is 1. The van der Waals surface area contributed by atoms with Crippen molar-refractivity contribution in [3.63, 3.8) is 0 Å². The predicted octanol–water partition coefficient (Wildman–Crippen LogP) is 2.09. The number of nitrogens with zero attached hydrogens (tertiary/aromatic N) is 7. The lowest BCUT2D eigenvalue weighted by atomic mass is 10.1. The van der Waals surface area contributed by atoms with Crippen LogP contribution in [0.5, 0.6) is 0 Å². The maximum atomic E-state index is 12.7. The van der Waals surface area contributed by atoms with Crippen molar-refractivity contribution in [2.75, 3.05) is 7.05 Å². The number of hydrogen-bond donors (Lipinski definition) is 1. The Kier molecular flexibility index (Phi) is 4.17. The first-order valence-electron chi connectivity index (χ1n) is 8.43. The van der Waals surface area contributed by atoms with E-state index in [0.717, 1.165) is 12.0 Å². The van der Waals surface area contributed by atoms with Crippen molar-refractivity contribution in [2.24, 2.45) is 16.6 Å². The summed E-state index contributed by atoms with van der Waals surface area (Å²) in [5, 5.41) is 16.2. The molecule has 140 valence electrons. The average molecular weight is 372 g/mol. The van der Waals surface area contributed by atoms with Crippen LogP contribution in [0.4, 0.5) is 8.78 Å². The smallest absolute Gasteiger partial charge is 0.333 e. The van der Waals surface area contributed by atoms with Crippen molar-refractivity contribution in [3.8, 4) is 0 Å². The van der Waals surface area contributed by atoms with Gasteiger partial charge in [-0.25, -0.2) is 4.68 Å². The molecule has 1 fully saturated rings. The number of hydrogen-bond acceptors (Lipinski definition) is 6. The van der Waals surface area contributed by atoms with Crippen molar-refractivity contribution in [1.29, 1.82) is 0 Å². The number of aryl methyl sites for hydroxylation is 1. The van der Waals surface area contributed by atoms with Crippen LogP contribution in [0.25, 0.3) is 5.65 Å². The average Bonchev–Trinajstić information content (AvgIpc) is 3.15. The molecule has 0 aromatic carbocycles. The molecule has 3 aromatic rings. The first-order chi connectivity index (χ1) is 13.0. The summed E-state index contributed by atoms with van der Waals surface area (Å²) in [6.45, 7) is -0.817. The minimum atomic E-state index is -2.63. The third-order valence-corrected chi connectivity index (χ3v) is 4.69. The van der Waals surface area contributed by atoms with Crippen LogP contribution in [0, 0.1) is 12.8 Å². The van der Waals surface area contributed by atoms with E-state index < -0.39 is 6.55 Å². The Balaban J connectivity index is 1.54. The van der Waals surface area contributed by atoms with E-state index in [-0.39, 0.29) is 11.8 Å². The quantitative estimate of drug-likeness (QED) is 0.692. The molecule has 1 aliphatic rings. The molecule has 0 spiro atoms. The summed E-state index contributed by atoms with van der Waals surface area (Å²) < 4.78 is 27.6. The van der Waals surface area contributed by atoms with Crippen molar-refractivity contribution in [2.45, 2.75) is 25.8 Å². The van der Waals surface area contributed by atoms with Crippen LogP contribution in [0.15, 0.2) is 41.3 Å². The number of halogens is 2. The highest BCUT2D eigenvalue weighted by atomic mass is 19.3. The number of aromatic nitrogens is 6. The third-order valence-electron chi connectivity index (χ3n) is 4.69. The van der Waals surface area contributed by atoms with Gasteiger partial charge in [-0.2, -0.15) is 23.5 Å². The molecule has 1 saturated carbocycles. The van der Waals surface area contributed by atoms with Gasteiger partial charge in [0, 0.05) is 24.9 Å². The molecule has 2 N–H and O–H groups in total. The normalized spacial score (nSPS) is 20.6. The highest BCUT2D eigenvalue weighted by Gasteiger charge is 2.41. The Labute approximate surface area is 153 Å². The van der Waals surface area contributed by atoms with Gasteiger partial charge < -0.3 is 5.73 Å². The summed E-state index contributed by atoms with van der Waals surface area (Å²) in [6, 6.07) is 3.63. The van der Waals surface area contributed by atoms with Crippen LogP contribution in [0.2, 0.25) is 0 Å². The lowest BCUT2D eigenvalue weighted by Gasteiger charge is -2.04. The zero-order chi connectivity index (χ0) is 19.1. The number of aliphatic imine (C=N–C) groups is 1. The molecule has 0 amide bonds. The van der Waals surface area contributed by atoms with Crippen molar-refractivity contribution in [3.05, 3.63) is 53.4 Å². The lowest BCUT2D eigenvalue weighted by Crippen LogP contribution is -2.10. The fraction of sp³-hybridized carbons (Fsp3) is 0.353. The van der Waals surface area contributed by atoms with Crippen molar-refractivity contribution < 1.29 is 8.78 Å². The first kappa shape index (κ1) is 17.3. The monoisotopic (exact) mass is 372 g/mol. The van der Waals surface area contributed by atoms with Gasteiger partial charge in [-0.05, 0) is 43.0 Å². The number of fused-ring (bicyclic) bond motifs is 1. The molecule has 8 nitrogen and oxygen atoms in total. The second-order valence-corrected chi connectivity index (χ2v) is 6.47. The van der Waals surface area contributed by atoms with Crippen LogP contribution in [-0.2, 0) is 0 Å². The van der Waals surface area contributed by atoms with Gasteiger partial charge in [0.1, 0.15) is 5.69 Å². The largest absolute Gasteiger partial charge is 0.402 e. The first-order valence-corrected chi connectivity index (χ1v) is 8.43. The lowest BCUT2D eigenvalue weighted by molar-refractivity contribution is 0.0565. The van der Waals surface area contributed by atoms with Crippen LogP contribution < -0.4 is 5.73 Å². The fourth-order valence-corrected chi connectivity index (χ4v) is 3.13. The van der Waals surface area contributed by atoms with E-state index in [9.17, 15) is 8.78 Å². The summed E-state index contributed by atoms with van der Waals surface area (Å²) in [5.41, 5.74) is 9.61. The van der Waals surface area contributed by atoms with E-state index in [1.54, 1.807) is 17.6 Å². The molecule has 1 aliphatic carbocycles. The molecule has 4 rings (SSSR count). The van der Waals surface area contributed by atoms with E-state index >= 15 is 0 Å². The zero-order valence-electron chi connectivity index (χ0n) is 14.8. The Bertz CT molecular complexity index is 1050. The highest BCUT2D eigenvalue weighted by Crippen LogP contribution is 2.50. The molecule has 3 heterocycles. The number of alkyl halides is 2. The van der Waals surface area contributed by atoms with Crippen LogP contribution in [0.3, 0.4) is 0 Å². The standard InChI is InChI=1S/C17H18F2N8/c1-9-23-24-16-4-3-14(25-27(9)16)15(21-2)6-13(20)12-5-11(12)10-7-22-26(8-10)17(18)19/h3-4,6-8,11-12,17H,5,20H2,1-2H3/b13-6-,21-15?. The molecule has 0 radical (unpaired) electrons. The Morgan fingerprint density at radius 1 is 1.37 bits per heavy atom. The van der Waals surface area contributed by atoms with Gasteiger partial charge in [-0.1, -0.05) is 0 Å². The minimum absolute atomic E-state index is 0.0810. The van der Waals surface area contributed by atoms with E-state index in [1.807, 2.05) is 19.1 Å². The molecule has 0 saturated heterocycles. The summed E-state index contributed by atoms with van der Waals surface area (Å²) in [7, 11) is 1.67. The molecule has 2 unspecified atom stereocenters. The van der Waals surface area contributed by atoms with E-state index in [0.29, 0.717) is 33.3 Å². The molecule has 3 aromatic heterocycles. The Hall–Kier alpha value is -3.17. The Morgan fingerprint density at radius 3 is 2.89 bits per heavy atom. The van der Waals surface area contributed by atoms with Gasteiger partial charge >= 0.3 is 6.55 Å². The molecule has 0 bridgehead atoms. The van der Waals surface area contributed by atoms with Crippen LogP contribution in [0.1, 0.15) is 36.0 Å². The summed E-state index contributed by atoms with van der Waals surface area (Å²) in [5.74, 6) is 0.859. The van der Waals surface area contributed by atoms with Crippen LogP contribution >= 0.6 is 0 Å². The topological polar surface area (TPSA) is 99.3 Å². The van der Waals surface area contributed by atoms with Gasteiger partial charge in [0.2, 0.25) is 0 Å². The summed E-state index contributed by atoms with van der Waals surface area (Å²) in [4.78, 5) is 4.28. The second-order valence-electron chi connectivity index (χ2n) is 6.47. The minimum Gasteiger partial charge on any atom is -0.402 e. The maximum Gasteiger partial charge on any atom is 0.333 e. The van der Waals surface area contributed by atoms with Gasteiger partial charge in [0.15, 0.2) is 11.5 Å². The number of rotatable bonds is 5. The van der Waals surface area contributed by atoms with E-state index in [4.69, 9.17) is 5.73 Å². The SMILES string of the molecule is CN=C(/C=C(\N)C1CC1c1cnn(C(F)F)c1)c1ccc2nnc(C)n2n1. The summed E-state index contributed by atoms with van der Waals surface area (Å²) in [6.07, 6.45) is 5.44. The maximum absolute atomic E-state index is 12.7. The van der Waals surface area contributed by atoms with E-state index in [1.165, 1.54) is 12.4 Å². The Morgan fingerprint density at radius 2 is 2.19 bits per heavy atom. The summed E-state index contributed by atoms with van der Waals surface area (Å²) >= 11 is 0. The van der Waals surface area contributed by atoms with Gasteiger partial charge in [-0.3, -0.25) is 4.99 Å². The third kappa shape index (κ3) is 3.18. The predicted molar refractivity (Wildman–Crippen MR) is 94.6 cm³/mol. The number of allylic oxidation sites excluding steroid dienone is 2. The molecular formula is C17H18F2N8. The highest BCUT2D eigenvalue weighted by molar-refractivity contribution is 6.07. The second kappa shape index (κ2) is 6.53. The molecule has 27 heavy (non-hydrogen) atoms. The molecule has 0 aliphatic heterocycles. The van der Waals surface area contributed by atoms with Gasteiger partial charge in [-0.15, -0.1) is 10.2 Å². The molecule has 10 heteroatoms.